The summed E-state index contributed by atoms with van der Waals surface area (Å²) < 4.78 is 56.6. The monoisotopic (exact) mass is 1070 g/mol. The molecule has 410 valence electrons. The highest BCUT2D eigenvalue weighted by Gasteiger charge is 2.46. The maximum Gasteiger partial charge on any atom is 0.481 e. The number of nitrogen functional groups attached to an aromatic ring is 1. The molecule has 1 fully saturated rings. The first-order chi connectivity index (χ1) is 35.1. The highest BCUT2D eigenvalue weighted by Crippen LogP contribution is 2.60. The first-order valence-electron chi connectivity index (χ1n) is 25.4. The molecule has 2 heterocycles. The van der Waals surface area contributed by atoms with Crippen LogP contribution in [0.5, 0.6) is 0 Å². The molecule has 1 aromatic heterocycles. The average molecular weight is 1070 g/mol. The van der Waals surface area contributed by atoms with E-state index >= 15 is 0 Å². The van der Waals surface area contributed by atoms with Gasteiger partial charge in [-0.3, -0.25) is 23.2 Å². The van der Waals surface area contributed by atoms with Crippen molar-refractivity contribution in [3.63, 3.8) is 0 Å². The highest BCUT2D eigenvalue weighted by atomic mass is 31.3. The molecule has 73 heavy (non-hydrogen) atoms. The van der Waals surface area contributed by atoms with Crippen molar-refractivity contribution in [1.82, 2.24) is 9.55 Å². The first-order valence-corrected chi connectivity index (χ1v) is 28.4. The predicted octanol–water partition coefficient (Wildman–Crippen LogP) is 9.41. The molecule has 19 nitrogen and oxygen atoms in total. The zero-order valence-corrected chi connectivity index (χ0v) is 44.3. The number of rotatable bonds is 40. The average Bonchev–Trinajstić information content (AvgIpc) is 3.62. The van der Waals surface area contributed by atoms with Gasteiger partial charge < -0.3 is 45.1 Å². The van der Waals surface area contributed by atoms with E-state index < -0.39 is 89.8 Å². The van der Waals surface area contributed by atoms with Crippen LogP contribution in [0.4, 0.5) is 5.82 Å². The second kappa shape index (κ2) is 39.1. The lowest BCUT2D eigenvalue weighted by atomic mass is 10.1. The van der Waals surface area contributed by atoms with Gasteiger partial charge in [-0.1, -0.05) is 150 Å². The summed E-state index contributed by atoms with van der Waals surface area (Å²) in [7, 11) is -10.9. The third-order valence-corrected chi connectivity index (χ3v) is 13.4. The molecule has 1 aromatic rings. The Morgan fingerprint density at radius 3 is 2.03 bits per heavy atom. The van der Waals surface area contributed by atoms with Crippen molar-refractivity contribution in [2.45, 2.75) is 173 Å². The Bertz CT molecular complexity index is 2120. The zero-order chi connectivity index (χ0) is 53.6. The molecule has 0 aliphatic carbocycles. The SMILES string of the molecule is CC/C=C\CC(O)/C=C/C=C/C/C=C\C/C=C\C/C=C\CCC(=O)OC[C@H](COP(=O)(O)OP(=O)(O)OC[C@H]1O[C@@H](n2ccc(N)nc2=O)[C@H](O)[C@@H]1O)OC(=O)CCCCCCC/C=C\C=C/CCCCCC. The second-order valence-corrected chi connectivity index (χ2v) is 20.2. The van der Waals surface area contributed by atoms with Crippen LogP contribution in [0.2, 0.25) is 0 Å². The summed E-state index contributed by atoms with van der Waals surface area (Å²) in [5.41, 5.74) is 4.57. The number of allylic oxidation sites excluding steroid dienone is 14. The number of unbranched alkanes of at least 4 members (excludes halogenated alkanes) is 9. The van der Waals surface area contributed by atoms with Crippen LogP contribution in [0.3, 0.4) is 0 Å². The minimum absolute atomic E-state index is 0.00340. The van der Waals surface area contributed by atoms with Crippen LogP contribution in [-0.4, -0.2) is 96.9 Å². The number of carbonyl (C=O) groups excluding carboxylic acids is 2. The summed E-state index contributed by atoms with van der Waals surface area (Å²) >= 11 is 0. The largest absolute Gasteiger partial charge is 0.481 e. The number of esters is 2. The van der Waals surface area contributed by atoms with Crippen molar-refractivity contribution < 1.29 is 71.4 Å². The lowest BCUT2D eigenvalue weighted by molar-refractivity contribution is -0.161. The van der Waals surface area contributed by atoms with Crippen LogP contribution >= 0.6 is 15.6 Å². The first kappa shape index (κ1) is 64.8. The van der Waals surface area contributed by atoms with Gasteiger partial charge in [0.1, 0.15) is 30.7 Å². The molecule has 0 amide bonds. The van der Waals surface area contributed by atoms with E-state index in [4.69, 9.17) is 29.0 Å². The fraction of sp³-hybridized carbons (Fsp3) is 0.577. The quantitative estimate of drug-likeness (QED) is 0.0117. The van der Waals surface area contributed by atoms with E-state index in [9.17, 15) is 48.6 Å². The minimum Gasteiger partial charge on any atom is -0.462 e. The van der Waals surface area contributed by atoms with E-state index in [1.54, 1.807) is 6.08 Å². The third kappa shape index (κ3) is 31.9. The number of anilines is 1. The van der Waals surface area contributed by atoms with Crippen LogP contribution in [0, 0.1) is 0 Å². The van der Waals surface area contributed by atoms with Crippen molar-refractivity contribution in [1.29, 1.82) is 0 Å². The number of aliphatic hydroxyl groups is 3. The Labute approximate surface area is 431 Å². The van der Waals surface area contributed by atoms with E-state index in [-0.39, 0.29) is 18.7 Å². The molecule has 0 saturated carbocycles. The van der Waals surface area contributed by atoms with Gasteiger partial charge >= 0.3 is 33.3 Å². The van der Waals surface area contributed by atoms with Crippen LogP contribution in [0.25, 0.3) is 0 Å². The zero-order valence-electron chi connectivity index (χ0n) is 42.5. The number of aliphatic hydroxyl groups excluding tert-OH is 3. The van der Waals surface area contributed by atoms with Crippen molar-refractivity contribution >= 4 is 33.4 Å². The van der Waals surface area contributed by atoms with Gasteiger partial charge in [0, 0.05) is 19.0 Å². The second-order valence-electron chi connectivity index (χ2n) is 17.2. The fourth-order valence-electron chi connectivity index (χ4n) is 6.82. The summed E-state index contributed by atoms with van der Waals surface area (Å²) in [5.74, 6) is -1.45. The summed E-state index contributed by atoms with van der Waals surface area (Å²) in [4.78, 5) is 61.9. The van der Waals surface area contributed by atoms with Crippen LogP contribution in [0.1, 0.15) is 142 Å². The van der Waals surface area contributed by atoms with E-state index in [0.29, 0.717) is 25.7 Å². The molecule has 8 atom stereocenters. The van der Waals surface area contributed by atoms with Gasteiger partial charge in [-0.15, -0.1) is 0 Å². The Kier molecular flexibility index (Phi) is 34.7. The molecular formula is C52H81N3O16P2. The van der Waals surface area contributed by atoms with E-state index in [1.807, 2.05) is 73.8 Å². The molecule has 1 saturated heterocycles. The third-order valence-electron chi connectivity index (χ3n) is 10.8. The van der Waals surface area contributed by atoms with E-state index in [2.05, 4.69) is 40.5 Å². The predicted molar refractivity (Wildman–Crippen MR) is 281 cm³/mol. The van der Waals surface area contributed by atoms with Gasteiger partial charge in [0.15, 0.2) is 12.3 Å². The maximum absolute atomic E-state index is 12.9. The van der Waals surface area contributed by atoms with Crippen molar-refractivity contribution in [3.05, 3.63) is 120 Å². The Balaban J connectivity index is 1.85. The van der Waals surface area contributed by atoms with Gasteiger partial charge in [0.2, 0.25) is 0 Å². The van der Waals surface area contributed by atoms with Gasteiger partial charge in [-0.25, -0.2) is 13.9 Å². The molecule has 7 N–H and O–H groups in total. The van der Waals surface area contributed by atoms with Gasteiger partial charge in [-0.2, -0.15) is 9.29 Å². The maximum atomic E-state index is 12.9. The minimum atomic E-state index is -5.45. The standard InChI is InChI=1S/C52H81N3O16P2/c1-3-5-7-8-9-10-11-12-13-16-20-23-26-29-33-37-48(58)69-44(40-66-47(57)36-32-28-25-22-19-17-14-15-18-21-24-27-31-35-43(56)34-30-6-4-2)41-67-72(62,63)71-73(64,65)68-42-45-49(59)50(60)51(70-45)55-39-38-46(53)54-52(55)61/h6,10-13,15,17-19,24-25,27-28,30-31,35,38-39,43-45,49-51,56,59-60H,3-5,7-9,14,16,20-23,26,29,32-34,36-37,40-42H2,1-2H3,(H,62,63)(H,64,65)(H2,53,54,61)/b11-10-,13-12-,18-15-,19-17-,27-24+,28-25-,30-6-,35-31+/t43?,44-,45-,49-,50-,51-/m1/s1. The number of aromatic nitrogens is 2. The number of phosphoric ester groups is 2. The molecular weight excluding hydrogens is 985 g/mol. The summed E-state index contributed by atoms with van der Waals surface area (Å²) in [6.07, 6.45) is 39.7. The number of nitrogens with two attached hydrogens (primary N) is 1. The number of hydrogen-bond donors (Lipinski definition) is 6. The van der Waals surface area contributed by atoms with Crippen LogP contribution in [0.15, 0.2) is 114 Å². The molecule has 0 aromatic carbocycles. The van der Waals surface area contributed by atoms with Crippen molar-refractivity contribution in [2.75, 3.05) is 25.6 Å². The lowest BCUT2D eigenvalue weighted by Gasteiger charge is -2.21. The number of hydrogen-bond acceptors (Lipinski definition) is 16. The van der Waals surface area contributed by atoms with Gasteiger partial charge in [0.25, 0.3) is 0 Å². The van der Waals surface area contributed by atoms with E-state index in [0.717, 1.165) is 68.6 Å². The summed E-state index contributed by atoms with van der Waals surface area (Å²) in [6.45, 7) is 1.82. The number of carbonyl (C=O) groups is 2. The Morgan fingerprint density at radius 2 is 1.36 bits per heavy atom. The molecule has 0 radical (unpaired) electrons. The van der Waals surface area contributed by atoms with Gasteiger partial charge in [0.05, 0.1) is 19.3 Å². The van der Waals surface area contributed by atoms with Gasteiger partial charge in [-0.05, 0) is 76.7 Å². The molecule has 0 bridgehead atoms. The normalized spacial score (nSPS) is 20.2. The molecule has 2 rings (SSSR count). The lowest BCUT2D eigenvalue weighted by Crippen LogP contribution is -2.36. The fourth-order valence-corrected chi connectivity index (χ4v) is 8.93. The van der Waals surface area contributed by atoms with Crippen LogP contribution < -0.4 is 11.4 Å². The van der Waals surface area contributed by atoms with Crippen LogP contribution in [-0.2, 0) is 46.3 Å². The molecule has 21 heteroatoms. The number of nitrogens with zero attached hydrogens (tertiary/aromatic N) is 2. The van der Waals surface area contributed by atoms with Crippen molar-refractivity contribution in [2.24, 2.45) is 0 Å². The van der Waals surface area contributed by atoms with Crippen molar-refractivity contribution in [3.8, 4) is 0 Å². The summed E-state index contributed by atoms with van der Waals surface area (Å²) in [6, 6.07) is 1.24. The Morgan fingerprint density at radius 1 is 0.740 bits per heavy atom. The Hall–Kier alpha value is -4.36. The smallest absolute Gasteiger partial charge is 0.462 e. The summed E-state index contributed by atoms with van der Waals surface area (Å²) in [5, 5.41) is 30.8. The number of ether oxygens (including phenoxy) is 3. The molecule has 1 aliphatic heterocycles. The highest BCUT2D eigenvalue weighted by molar-refractivity contribution is 7.61. The molecule has 3 unspecified atom stereocenters. The molecule has 0 spiro atoms. The van der Waals surface area contributed by atoms with E-state index in [1.165, 1.54) is 31.7 Å². The number of phosphoric acid groups is 2. The topological polar surface area (TPSA) is 286 Å². The molecule has 1 aliphatic rings.